The first-order valence-electron chi connectivity index (χ1n) is 10.0. The van der Waals surface area contributed by atoms with Gasteiger partial charge in [0.05, 0.1) is 5.69 Å². The fraction of sp³-hybridized carbons (Fsp3) is 0.364. The summed E-state index contributed by atoms with van der Waals surface area (Å²) in [6.45, 7) is 4.32. The molecule has 0 spiro atoms. The molecule has 29 heavy (non-hydrogen) atoms. The summed E-state index contributed by atoms with van der Waals surface area (Å²) in [4.78, 5) is 30.3. The third-order valence-electron chi connectivity index (χ3n) is 5.56. The van der Waals surface area contributed by atoms with Crippen LogP contribution in [-0.2, 0) is 4.79 Å². The van der Waals surface area contributed by atoms with E-state index in [-0.39, 0.29) is 23.8 Å². The predicted molar refractivity (Wildman–Crippen MR) is 112 cm³/mol. The lowest BCUT2D eigenvalue weighted by Crippen LogP contribution is -2.55. The third kappa shape index (κ3) is 4.04. The van der Waals surface area contributed by atoms with Crippen molar-refractivity contribution in [2.45, 2.75) is 25.8 Å². The highest BCUT2D eigenvalue weighted by Crippen LogP contribution is 2.26. The third-order valence-corrected chi connectivity index (χ3v) is 5.56. The number of rotatable bonds is 3. The Hall–Kier alpha value is -3.09. The second-order valence-electron chi connectivity index (χ2n) is 7.57. The van der Waals surface area contributed by atoms with Crippen LogP contribution in [0, 0.1) is 5.82 Å². The lowest BCUT2D eigenvalue weighted by molar-refractivity contribution is -0.117. The van der Waals surface area contributed by atoms with E-state index in [2.05, 4.69) is 5.32 Å². The van der Waals surface area contributed by atoms with Crippen LogP contribution < -0.4 is 15.1 Å². The summed E-state index contributed by atoms with van der Waals surface area (Å²) in [7, 11) is 0. The minimum atomic E-state index is -0.245. The quantitative estimate of drug-likeness (QED) is 0.861. The van der Waals surface area contributed by atoms with Crippen LogP contribution in [0.4, 0.5) is 26.2 Å². The fourth-order valence-electron chi connectivity index (χ4n) is 4.05. The van der Waals surface area contributed by atoms with E-state index in [4.69, 9.17) is 0 Å². The molecule has 2 aromatic carbocycles. The lowest BCUT2D eigenvalue weighted by atomic mass is 10.1. The molecule has 3 amide bonds. The van der Waals surface area contributed by atoms with Gasteiger partial charge in [0.15, 0.2) is 0 Å². The summed E-state index contributed by atoms with van der Waals surface area (Å²) in [5.41, 5.74) is 2.04. The number of halogens is 1. The Morgan fingerprint density at radius 3 is 2.66 bits per heavy atom. The van der Waals surface area contributed by atoms with E-state index in [0.717, 1.165) is 12.1 Å². The number of para-hydroxylation sites is 1. The van der Waals surface area contributed by atoms with Gasteiger partial charge in [-0.2, -0.15) is 0 Å². The summed E-state index contributed by atoms with van der Waals surface area (Å²) >= 11 is 0. The van der Waals surface area contributed by atoms with Gasteiger partial charge in [-0.05, 0) is 43.7 Å². The first-order chi connectivity index (χ1) is 14.0. The zero-order chi connectivity index (χ0) is 20.4. The Balaban J connectivity index is 1.41. The molecule has 0 aliphatic carbocycles. The molecule has 4 rings (SSSR count). The largest absolute Gasteiger partial charge is 0.365 e. The minimum Gasteiger partial charge on any atom is -0.365 e. The van der Waals surface area contributed by atoms with Gasteiger partial charge in [0.25, 0.3) is 0 Å². The van der Waals surface area contributed by atoms with Crippen molar-refractivity contribution in [2.24, 2.45) is 0 Å². The molecule has 2 aromatic rings. The number of piperazine rings is 1. The smallest absolute Gasteiger partial charge is 0.322 e. The molecule has 0 radical (unpaired) electrons. The van der Waals surface area contributed by atoms with Crippen molar-refractivity contribution >= 4 is 29.0 Å². The van der Waals surface area contributed by atoms with E-state index in [1.54, 1.807) is 21.9 Å². The van der Waals surface area contributed by atoms with Gasteiger partial charge in [-0.25, -0.2) is 9.18 Å². The van der Waals surface area contributed by atoms with Crippen LogP contribution in [0.25, 0.3) is 0 Å². The van der Waals surface area contributed by atoms with Gasteiger partial charge >= 0.3 is 6.03 Å². The van der Waals surface area contributed by atoms with Crippen LogP contribution in [0.5, 0.6) is 0 Å². The highest BCUT2D eigenvalue weighted by Gasteiger charge is 2.29. The lowest BCUT2D eigenvalue weighted by Gasteiger charge is -2.41. The number of carbonyl (C=O) groups excluding carboxylic acids is 2. The van der Waals surface area contributed by atoms with Crippen LogP contribution in [0.15, 0.2) is 48.5 Å². The maximum atomic E-state index is 14.1. The predicted octanol–water partition coefficient (Wildman–Crippen LogP) is 3.70. The Kier molecular flexibility index (Phi) is 5.38. The molecule has 1 atom stereocenters. The number of benzene rings is 2. The van der Waals surface area contributed by atoms with E-state index in [1.165, 1.54) is 6.07 Å². The normalized spacial score (nSPS) is 19.6. The molecule has 0 aromatic heterocycles. The van der Waals surface area contributed by atoms with Gasteiger partial charge in [0.1, 0.15) is 5.82 Å². The van der Waals surface area contributed by atoms with E-state index in [1.807, 2.05) is 42.2 Å². The number of hydrogen-bond acceptors (Lipinski definition) is 3. The van der Waals surface area contributed by atoms with E-state index in [9.17, 15) is 14.0 Å². The summed E-state index contributed by atoms with van der Waals surface area (Å²) < 4.78 is 14.1. The molecule has 2 aliphatic rings. The average molecular weight is 396 g/mol. The Labute approximate surface area is 169 Å². The highest BCUT2D eigenvalue weighted by atomic mass is 19.1. The van der Waals surface area contributed by atoms with Crippen molar-refractivity contribution in [2.75, 3.05) is 41.3 Å². The molecule has 152 valence electrons. The number of amides is 3. The first-order valence-corrected chi connectivity index (χ1v) is 10.0. The Morgan fingerprint density at radius 1 is 1.10 bits per heavy atom. The molecule has 1 N–H and O–H groups in total. The summed E-state index contributed by atoms with van der Waals surface area (Å²) in [6.07, 6.45) is 1.43. The second kappa shape index (κ2) is 8.11. The molecule has 0 saturated carbocycles. The van der Waals surface area contributed by atoms with Crippen LogP contribution in [0.2, 0.25) is 0 Å². The van der Waals surface area contributed by atoms with Crippen molar-refractivity contribution in [3.8, 4) is 0 Å². The van der Waals surface area contributed by atoms with Crippen LogP contribution >= 0.6 is 0 Å². The second-order valence-corrected chi connectivity index (χ2v) is 7.57. The SMILES string of the molecule is C[C@@H]1CN(c2ccccc2F)CCN1C(=O)Nc1cccc(N2CCCC2=O)c1. The van der Waals surface area contributed by atoms with Gasteiger partial charge in [0.2, 0.25) is 5.91 Å². The van der Waals surface area contributed by atoms with Crippen molar-refractivity contribution in [3.63, 3.8) is 0 Å². The molecule has 2 fully saturated rings. The zero-order valence-electron chi connectivity index (χ0n) is 16.5. The zero-order valence-corrected chi connectivity index (χ0v) is 16.5. The molecule has 6 nitrogen and oxygen atoms in total. The molecule has 7 heteroatoms. The average Bonchev–Trinajstić information content (AvgIpc) is 3.14. The van der Waals surface area contributed by atoms with Crippen molar-refractivity contribution < 1.29 is 14.0 Å². The van der Waals surface area contributed by atoms with Crippen molar-refractivity contribution in [1.29, 1.82) is 0 Å². The van der Waals surface area contributed by atoms with E-state index in [0.29, 0.717) is 44.0 Å². The molecule has 2 heterocycles. The molecule has 0 bridgehead atoms. The number of nitrogens with one attached hydrogen (secondary N) is 1. The first kappa shape index (κ1) is 19.2. The topological polar surface area (TPSA) is 55.9 Å². The molecular weight excluding hydrogens is 371 g/mol. The number of anilines is 3. The number of hydrogen-bond donors (Lipinski definition) is 1. The van der Waals surface area contributed by atoms with E-state index < -0.39 is 0 Å². The number of urea groups is 1. The Bertz CT molecular complexity index is 919. The van der Waals surface area contributed by atoms with Gasteiger partial charge in [-0.3, -0.25) is 4.79 Å². The minimum absolute atomic E-state index is 0.0632. The van der Waals surface area contributed by atoms with Gasteiger partial charge in [-0.1, -0.05) is 18.2 Å². The summed E-state index contributed by atoms with van der Waals surface area (Å²) in [5.74, 6) is -0.128. The summed E-state index contributed by atoms with van der Waals surface area (Å²) in [5, 5.41) is 2.94. The summed E-state index contributed by atoms with van der Waals surface area (Å²) in [6, 6.07) is 13.9. The monoisotopic (exact) mass is 396 g/mol. The van der Waals surface area contributed by atoms with E-state index >= 15 is 0 Å². The van der Waals surface area contributed by atoms with Crippen LogP contribution in [0.1, 0.15) is 19.8 Å². The standard InChI is InChI=1S/C22H25FN4O2/c1-16-15-25(20-9-3-2-8-19(20)23)12-13-26(16)22(29)24-17-6-4-7-18(14-17)27-11-5-10-21(27)28/h2-4,6-9,14,16H,5,10-13,15H2,1H3,(H,24,29)/t16-/m1/s1. The molecule has 2 aliphatic heterocycles. The van der Waals surface area contributed by atoms with Gasteiger partial charge in [0, 0.05) is 50.0 Å². The van der Waals surface area contributed by atoms with Gasteiger partial charge in [-0.15, -0.1) is 0 Å². The highest BCUT2D eigenvalue weighted by molar-refractivity contribution is 5.96. The number of nitrogens with zero attached hydrogens (tertiary/aromatic N) is 3. The number of carbonyl (C=O) groups is 2. The fourth-order valence-corrected chi connectivity index (χ4v) is 4.05. The van der Waals surface area contributed by atoms with Crippen LogP contribution in [-0.4, -0.2) is 49.1 Å². The molecule has 0 unspecified atom stereocenters. The molecule has 2 saturated heterocycles. The van der Waals surface area contributed by atoms with Crippen molar-refractivity contribution in [3.05, 3.63) is 54.3 Å². The van der Waals surface area contributed by atoms with Crippen LogP contribution in [0.3, 0.4) is 0 Å². The van der Waals surface area contributed by atoms with Crippen molar-refractivity contribution in [1.82, 2.24) is 4.90 Å². The molecular formula is C22H25FN4O2. The Morgan fingerprint density at radius 2 is 1.93 bits per heavy atom. The van der Waals surface area contributed by atoms with Gasteiger partial charge < -0.3 is 20.0 Å². The maximum Gasteiger partial charge on any atom is 0.322 e. The maximum absolute atomic E-state index is 14.1.